The number of hydrogen-bond donors (Lipinski definition) is 1. The maximum Gasteiger partial charge on any atom is 0.407 e. The van der Waals surface area contributed by atoms with Crippen LogP contribution >= 0.6 is 0 Å². The van der Waals surface area contributed by atoms with Gasteiger partial charge in [-0.3, -0.25) is 0 Å². The third-order valence-corrected chi connectivity index (χ3v) is 3.26. The summed E-state index contributed by atoms with van der Waals surface area (Å²) < 4.78 is 7.43. The summed E-state index contributed by atoms with van der Waals surface area (Å²) in [5.74, 6) is 0. The Labute approximate surface area is 114 Å². The molecule has 0 aliphatic heterocycles. The number of rotatable bonds is 4. The van der Waals surface area contributed by atoms with Gasteiger partial charge >= 0.3 is 6.09 Å². The lowest BCUT2D eigenvalue weighted by molar-refractivity contribution is 0.0528. The number of carbonyl (C=O) groups is 1. The Morgan fingerprint density at radius 3 is 2.84 bits per heavy atom. The van der Waals surface area contributed by atoms with E-state index in [9.17, 15) is 4.79 Å². The van der Waals surface area contributed by atoms with Crippen molar-refractivity contribution in [2.45, 2.75) is 58.1 Å². The lowest BCUT2D eigenvalue weighted by Gasteiger charge is -2.28. The van der Waals surface area contributed by atoms with Crippen LogP contribution in [0, 0.1) is 0 Å². The minimum absolute atomic E-state index is 0.359. The first-order chi connectivity index (χ1) is 8.96. The first-order valence-electron chi connectivity index (χ1n) is 6.93. The van der Waals surface area contributed by atoms with E-state index in [2.05, 4.69) is 14.9 Å². The molecule has 1 amide bonds. The number of ether oxygens (including phenoxy) is 1. The standard InChI is InChI=1S/C14H23N3O2/c1-14(2,3)19-13(18)16-8-7-12-9-15-10-17(12)11-5-4-6-11/h9-11H,4-8H2,1-3H3,(H,16,18). The average molecular weight is 265 g/mol. The molecule has 1 aliphatic carbocycles. The summed E-state index contributed by atoms with van der Waals surface area (Å²) >= 11 is 0. The molecule has 0 bridgehead atoms. The van der Waals surface area contributed by atoms with Crippen LogP contribution < -0.4 is 5.32 Å². The highest BCUT2D eigenvalue weighted by atomic mass is 16.6. The van der Waals surface area contributed by atoms with E-state index >= 15 is 0 Å². The summed E-state index contributed by atoms with van der Waals surface area (Å²) in [5.41, 5.74) is 0.735. The summed E-state index contributed by atoms with van der Waals surface area (Å²) in [5, 5.41) is 2.78. The molecule has 1 saturated carbocycles. The Kier molecular flexibility index (Phi) is 4.12. The molecule has 1 N–H and O–H groups in total. The van der Waals surface area contributed by atoms with Gasteiger partial charge in [-0.05, 0) is 40.0 Å². The van der Waals surface area contributed by atoms with Crippen molar-refractivity contribution in [2.75, 3.05) is 6.54 Å². The van der Waals surface area contributed by atoms with Crippen molar-refractivity contribution >= 4 is 6.09 Å². The molecule has 0 radical (unpaired) electrons. The fraction of sp³-hybridized carbons (Fsp3) is 0.714. The zero-order chi connectivity index (χ0) is 13.9. The van der Waals surface area contributed by atoms with Crippen LogP contribution in [0.3, 0.4) is 0 Å². The van der Waals surface area contributed by atoms with Gasteiger partial charge in [0.1, 0.15) is 5.60 Å². The molecule has 2 rings (SSSR count). The van der Waals surface area contributed by atoms with Crippen LogP contribution in [0.15, 0.2) is 12.5 Å². The van der Waals surface area contributed by atoms with Crippen LogP contribution in [-0.4, -0.2) is 27.8 Å². The molecule has 0 spiro atoms. The molecule has 106 valence electrons. The lowest BCUT2D eigenvalue weighted by atomic mass is 9.92. The van der Waals surface area contributed by atoms with Gasteiger partial charge < -0.3 is 14.6 Å². The van der Waals surface area contributed by atoms with Crippen molar-refractivity contribution in [1.82, 2.24) is 14.9 Å². The number of nitrogens with one attached hydrogen (secondary N) is 1. The van der Waals surface area contributed by atoms with E-state index < -0.39 is 5.60 Å². The van der Waals surface area contributed by atoms with Crippen molar-refractivity contribution in [3.05, 3.63) is 18.2 Å². The summed E-state index contributed by atoms with van der Waals surface area (Å²) in [6.45, 7) is 6.15. The molecular weight excluding hydrogens is 242 g/mol. The molecule has 1 aromatic rings. The van der Waals surface area contributed by atoms with Crippen molar-refractivity contribution in [1.29, 1.82) is 0 Å². The SMILES string of the molecule is CC(C)(C)OC(=O)NCCc1cncn1C1CCC1. The van der Waals surface area contributed by atoms with Crippen LogP contribution in [0.2, 0.25) is 0 Å². The van der Waals surface area contributed by atoms with E-state index in [1.165, 1.54) is 25.0 Å². The third kappa shape index (κ3) is 3.98. The summed E-state index contributed by atoms with van der Waals surface area (Å²) in [4.78, 5) is 15.7. The van der Waals surface area contributed by atoms with Crippen LogP contribution in [-0.2, 0) is 11.2 Å². The van der Waals surface area contributed by atoms with Gasteiger partial charge in [0, 0.05) is 30.9 Å². The van der Waals surface area contributed by atoms with Crippen LogP contribution in [0.1, 0.15) is 51.8 Å². The summed E-state index contributed by atoms with van der Waals surface area (Å²) in [6.07, 6.45) is 7.99. The number of hydrogen-bond acceptors (Lipinski definition) is 3. The van der Waals surface area contributed by atoms with Gasteiger partial charge in [-0.1, -0.05) is 0 Å². The minimum atomic E-state index is -0.447. The van der Waals surface area contributed by atoms with Crippen molar-refractivity contribution < 1.29 is 9.53 Å². The van der Waals surface area contributed by atoms with E-state index in [1.807, 2.05) is 33.3 Å². The van der Waals surface area contributed by atoms with Gasteiger partial charge in [-0.15, -0.1) is 0 Å². The Balaban J connectivity index is 1.76. The van der Waals surface area contributed by atoms with Crippen molar-refractivity contribution in [3.8, 4) is 0 Å². The smallest absolute Gasteiger partial charge is 0.407 e. The molecule has 5 heteroatoms. The second-order valence-electron chi connectivity index (χ2n) is 6.06. The molecule has 0 aromatic carbocycles. The number of aromatic nitrogens is 2. The lowest BCUT2D eigenvalue weighted by Crippen LogP contribution is -2.33. The zero-order valence-electron chi connectivity index (χ0n) is 12.0. The van der Waals surface area contributed by atoms with Crippen molar-refractivity contribution in [3.63, 3.8) is 0 Å². The second-order valence-corrected chi connectivity index (χ2v) is 6.06. The molecule has 5 nitrogen and oxygen atoms in total. The topological polar surface area (TPSA) is 56.1 Å². The highest BCUT2D eigenvalue weighted by Gasteiger charge is 2.21. The molecule has 0 atom stereocenters. The molecule has 1 heterocycles. The van der Waals surface area contributed by atoms with Gasteiger partial charge in [-0.25, -0.2) is 9.78 Å². The number of imidazole rings is 1. The zero-order valence-corrected chi connectivity index (χ0v) is 12.0. The molecule has 1 aliphatic rings. The number of alkyl carbamates (subject to hydrolysis) is 1. The maximum absolute atomic E-state index is 11.5. The van der Waals surface area contributed by atoms with Crippen LogP contribution in [0.4, 0.5) is 4.79 Å². The quantitative estimate of drug-likeness (QED) is 0.910. The molecule has 0 unspecified atom stereocenters. The van der Waals surface area contributed by atoms with Crippen LogP contribution in [0.25, 0.3) is 0 Å². The Morgan fingerprint density at radius 2 is 2.26 bits per heavy atom. The van der Waals surface area contributed by atoms with Crippen molar-refractivity contribution in [2.24, 2.45) is 0 Å². The molecule has 19 heavy (non-hydrogen) atoms. The largest absolute Gasteiger partial charge is 0.444 e. The first kappa shape index (κ1) is 13.9. The highest BCUT2D eigenvalue weighted by Crippen LogP contribution is 2.32. The van der Waals surface area contributed by atoms with E-state index in [1.54, 1.807) is 0 Å². The fourth-order valence-corrected chi connectivity index (χ4v) is 2.13. The molecule has 1 fully saturated rings. The van der Waals surface area contributed by atoms with E-state index in [0.29, 0.717) is 12.6 Å². The maximum atomic E-state index is 11.5. The normalized spacial score (nSPS) is 15.9. The predicted molar refractivity (Wildman–Crippen MR) is 73.1 cm³/mol. The number of amides is 1. The van der Waals surface area contributed by atoms with Gasteiger partial charge in [0.2, 0.25) is 0 Å². The summed E-state index contributed by atoms with van der Waals surface area (Å²) in [6, 6.07) is 0.610. The fourth-order valence-electron chi connectivity index (χ4n) is 2.13. The first-order valence-corrected chi connectivity index (χ1v) is 6.93. The van der Waals surface area contributed by atoms with Gasteiger partial charge in [0.15, 0.2) is 0 Å². The van der Waals surface area contributed by atoms with Gasteiger partial charge in [-0.2, -0.15) is 0 Å². The molecular formula is C14H23N3O2. The summed E-state index contributed by atoms with van der Waals surface area (Å²) in [7, 11) is 0. The number of nitrogens with zero attached hydrogens (tertiary/aromatic N) is 2. The van der Waals surface area contributed by atoms with Crippen LogP contribution in [0.5, 0.6) is 0 Å². The monoisotopic (exact) mass is 265 g/mol. The highest BCUT2D eigenvalue weighted by molar-refractivity contribution is 5.67. The van der Waals surface area contributed by atoms with E-state index in [4.69, 9.17) is 4.74 Å². The Morgan fingerprint density at radius 1 is 1.53 bits per heavy atom. The Bertz CT molecular complexity index is 430. The van der Waals surface area contributed by atoms with E-state index in [0.717, 1.165) is 6.42 Å². The molecule has 0 saturated heterocycles. The predicted octanol–water partition coefficient (Wildman–Crippen LogP) is 2.68. The van der Waals surface area contributed by atoms with Gasteiger partial charge in [0.05, 0.1) is 6.33 Å². The second kappa shape index (κ2) is 5.63. The minimum Gasteiger partial charge on any atom is -0.444 e. The van der Waals surface area contributed by atoms with Gasteiger partial charge in [0.25, 0.3) is 0 Å². The Hall–Kier alpha value is -1.52. The van der Waals surface area contributed by atoms with E-state index in [-0.39, 0.29) is 6.09 Å². The third-order valence-electron chi connectivity index (χ3n) is 3.26. The number of carbonyl (C=O) groups excluding carboxylic acids is 1. The molecule has 1 aromatic heterocycles. The average Bonchev–Trinajstić information content (AvgIpc) is 2.61.